The molecule has 2 N–H and O–H groups in total. The lowest BCUT2D eigenvalue weighted by atomic mass is 10.1. The molecule has 2 amide bonds. The summed E-state index contributed by atoms with van der Waals surface area (Å²) in [6, 6.07) is 7.39. The second-order valence-electron chi connectivity index (χ2n) is 6.40. The van der Waals surface area contributed by atoms with Gasteiger partial charge < -0.3 is 19.8 Å². The first kappa shape index (κ1) is 18.3. The van der Waals surface area contributed by atoms with Crippen molar-refractivity contribution in [2.24, 2.45) is 0 Å². The van der Waals surface area contributed by atoms with E-state index in [0.29, 0.717) is 19.0 Å². The van der Waals surface area contributed by atoms with Crippen molar-refractivity contribution in [2.45, 2.75) is 31.8 Å². The summed E-state index contributed by atoms with van der Waals surface area (Å²) in [5, 5.41) is 5.84. The smallest absolute Gasteiger partial charge is 0.315 e. The molecule has 3 heterocycles. The molecule has 0 bridgehead atoms. The van der Waals surface area contributed by atoms with Crippen LogP contribution in [-0.4, -0.2) is 42.7 Å². The molecule has 2 aromatic rings. The third-order valence-electron chi connectivity index (χ3n) is 4.62. The zero-order valence-corrected chi connectivity index (χ0v) is 15.1. The van der Waals surface area contributed by atoms with Crippen molar-refractivity contribution in [2.75, 3.05) is 26.7 Å². The van der Waals surface area contributed by atoms with Gasteiger partial charge in [0.25, 0.3) is 0 Å². The maximum absolute atomic E-state index is 12.2. The van der Waals surface area contributed by atoms with Crippen LogP contribution in [0.4, 0.5) is 4.79 Å². The van der Waals surface area contributed by atoms with E-state index in [0.717, 1.165) is 24.4 Å². The quantitative estimate of drug-likeness (QED) is 0.795. The van der Waals surface area contributed by atoms with Crippen LogP contribution in [0.1, 0.15) is 36.6 Å². The highest BCUT2D eigenvalue weighted by atomic mass is 16.5. The summed E-state index contributed by atoms with van der Waals surface area (Å²) in [5.74, 6) is 1.43. The molecule has 0 radical (unpaired) electrons. The normalized spacial score (nSPS) is 16.0. The molecule has 3 rings (SSSR count). The van der Waals surface area contributed by atoms with Crippen molar-refractivity contribution in [1.29, 1.82) is 0 Å². The molecule has 0 aromatic carbocycles. The van der Waals surface area contributed by atoms with Crippen molar-refractivity contribution in [3.63, 3.8) is 0 Å². The number of carbonyl (C=O) groups excluding carboxylic acids is 1. The van der Waals surface area contributed by atoms with Crippen LogP contribution in [0.25, 0.3) is 0 Å². The van der Waals surface area contributed by atoms with Gasteiger partial charge in [-0.15, -0.1) is 0 Å². The predicted molar refractivity (Wildman–Crippen MR) is 97.9 cm³/mol. The number of methoxy groups -OCH3 is 1. The number of likely N-dealkylation sites (tertiary alicyclic amines) is 1. The van der Waals surface area contributed by atoms with Crippen LogP contribution in [0, 0.1) is 0 Å². The Morgan fingerprint density at radius 3 is 2.88 bits per heavy atom. The lowest BCUT2D eigenvalue weighted by molar-refractivity contribution is 0.143. The lowest BCUT2D eigenvalue weighted by Gasteiger charge is -2.33. The number of aromatic nitrogens is 1. The molecule has 0 aliphatic carbocycles. The Hall–Kier alpha value is -2.54. The molecule has 1 aliphatic rings. The van der Waals surface area contributed by atoms with E-state index in [-0.39, 0.29) is 12.1 Å². The van der Waals surface area contributed by atoms with E-state index in [1.54, 1.807) is 25.6 Å². The number of furan rings is 1. The maximum Gasteiger partial charge on any atom is 0.315 e. The fraction of sp³-hybridized carbons (Fsp3) is 0.474. The zero-order valence-electron chi connectivity index (χ0n) is 15.1. The number of pyridine rings is 1. The van der Waals surface area contributed by atoms with E-state index in [9.17, 15) is 4.79 Å². The maximum atomic E-state index is 12.2. The second-order valence-corrected chi connectivity index (χ2v) is 6.40. The average Bonchev–Trinajstić information content (AvgIpc) is 3.22. The van der Waals surface area contributed by atoms with Crippen LogP contribution >= 0.6 is 0 Å². The van der Waals surface area contributed by atoms with Gasteiger partial charge in [-0.05, 0) is 49.7 Å². The fourth-order valence-electron chi connectivity index (χ4n) is 3.23. The molecule has 2 aromatic heterocycles. The van der Waals surface area contributed by atoms with E-state index in [1.165, 1.54) is 19.3 Å². The molecule has 0 saturated carbocycles. The second kappa shape index (κ2) is 9.24. The number of hydrogen-bond donors (Lipinski definition) is 2. The number of nitrogens with one attached hydrogen (secondary N) is 2. The summed E-state index contributed by atoms with van der Waals surface area (Å²) < 4.78 is 10.7. The number of piperidine rings is 1. The van der Waals surface area contributed by atoms with Crippen LogP contribution in [0.5, 0.6) is 5.88 Å². The molecule has 1 aliphatic heterocycles. The van der Waals surface area contributed by atoms with Gasteiger partial charge in [0, 0.05) is 25.4 Å². The summed E-state index contributed by atoms with van der Waals surface area (Å²) in [5.41, 5.74) is 0.936. The first-order valence-corrected chi connectivity index (χ1v) is 9.04. The molecule has 0 spiro atoms. The van der Waals surface area contributed by atoms with Gasteiger partial charge in [0.15, 0.2) is 0 Å². The Bertz CT molecular complexity index is 684. The molecule has 1 saturated heterocycles. The number of hydrogen-bond acceptors (Lipinski definition) is 5. The molecular formula is C19H26N4O3. The summed E-state index contributed by atoms with van der Waals surface area (Å²) in [7, 11) is 1.57. The van der Waals surface area contributed by atoms with Crippen LogP contribution in [0.3, 0.4) is 0 Å². The van der Waals surface area contributed by atoms with E-state index < -0.39 is 0 Å². The van der Waals surface area contributed by atoms with E-state index in [1.807, 2.05) is 18.2 Å². The number of urea groups is 1. The molecular weight excluding hydrogens is 332 g/mol. The van der Waals surface area contributed by atoms with Gasteiger partial charge >= 0.3 is 6.03 Å². The first-order chi connectivity index (χ1) is 12.8. The van der Waals surface area contributed by atoms with Gasteiger partial charge in [-0.25, -0.2) is 9.78 Å². The van der Waals surface area contributed by atoms with Crippen molar-refractivity contribution in [1.82, 2.24) is 20.5 Å². The lowest BCUT2D eigenvalue weighted by Crippen LogP contribution is -2.43. The average molecular weight is 358 g/mol. The van der Waals surface area contributed by atoms with Crippen LogP contribution < -0.4 is 15.4 Å². The van der Waals surface area contributed by atoms with E-state index >= 15 is 0 Å². The highest BCUT2D eigenvalue weighted by Crippen LogP contribution is 2.24. The number of amides is 2. The molecule has 7 nitrogen and oxygen atoms in total. The monoisotopic (exact) mass is 358 g/mol. The zero-order chi connectivity index (χ0) is 18.2. The largest absolute Gasteiger partial charge is 0.481 e. The van der Waals surface area contributed by atoms with Crippen molar-refractivity contribution in [3.8, 4) is 5.88 Å². The van der Waals surface area contributed by atoms with E-state index in [4.69, 9.17) is 9.15 Å². The Morgan fingerprint density at radius 1 is 1.31 bits per heavy atom. The Balaban J connectivity index is 1.52. The molecule has 140 valence electrons. The third-order valence-corrected chi connectivity index (χ3v) is 4.62. The molecule has 1 fully saturated rings. The Labute approximate surface area is 153 Å². The van der Waals surface area contributed by atoms with Gasteiger partial charge in [-0.1, -0.05) is 6.42 Å². The van der Waals surface area contributed by atoms with E-state index in [2.05, 4.69) is 20.5 Å². The number of carbonyl (C=O) groups is 1. The van der Waals surface area contributed by atoms with Crippen molar-refractivity contribution >= 4 is 6.03 Å². The minimum absolute atomic E-state index is 0.0667. The summed E-state index contributed by atoms with van der Waals surface area (Å²) in [4.78, 5) is 18.7. The van der Waals surface area contributed by atoms with Gasteiger partial charge in [-0.3, -0.25) is 4.90 Å². The number of rotatable bonds is 7. The van der Waals surface area contributed by atoms with Crippen molar-refractivity contribution < 1.29 is 13.9 Å². The topological polar surface area (TPSA) is 79.6 Å². The Kier molecular flexibility index (Phi) is 6.49. The third kappa shape index (κ3) is 4.98. The standard InChI is InChI=1S/C19H26N4O3/c1-25-18-12-15(7-8-20-18)13-21-19(24)22-14-16(17-6-5-11-26-17)23-9-3-2-4-10-23/h5-8,11-12,16H,2-4,9-10,13-14H2,1H3,(H2,21,22,24). The van der Waals surface area contributed by atoms with Gasteiger partial charge in [0.05, 0.1) is 19.4 Å². The minimum Gasteiger partial charge on any atom is -0.481 e. The predicted octanol–water partition coefficient (Wildman–Crippen LogP) is 2.71. The van der Waals surface area contributed by atoms with Gasteiger partial charge in [0.2, 0.25) is 5.88 Å². The highest BCUT2D eigenvalue weighted by molar-refractivity contribution is 5.73. The van der Waals surface area contributed by atoms with Crippen LogP contribution in [0.2, 0.25) is 0 Å². The van der Waals surface area contributed by atoms with Gasteiger partial charge in [0.1, 0.15) is 5.76 Å². The van der Waals surface area contributed by atoms with Crippen molar-refractivity contribution in [3.05, 3.63) is 48.0 Å². The summed E-state index contributed by atoms with van der Waals surface area (Å²) in [6.07, 6.45) is 6.99. The van der Waals surface area contributed by atoms with Gasteiger partial charge in [-0.2, -0.15) is 0 Å². The van der Waals surface area contributed by atoms with Crippen LogP contribution in [-0.2, 0) is 6.54 Å². The summed E-state index contributed by atoms with van der Waals surface area (Å²) >= 11 is 0. The fourth-order valence-corrected chi connectivity index (χ4v) is 3.23. The van der Waals surface area contributed by atoms with Crippen LogP contribution in [0.15, 0.2) is 41.1 Å². The first-order valence-electron chi connectivity index (χ1n) is 9.04. The molecule has 7 heteroatoms. The number of ether oxygens (including phenoxy) is 1. The Morgan fingerprint density at radius 2 is 2.15 bits per heavy atom. The number of nitrogens with zero attached hydrogens (tertiary/aromatic N) is 2. The molecule has 1 unspecified atom stereocenters. The molecule has 1 atom stereocenters. The summed E-state index contributed by atoms with van der Waals surface area (Å²) in [6.45, 7) is 3.00. The minimum atomic E-state index is -0.200. The highest BCUT2D eigenvalue weighted by Gasteiger charge is 2.24. The molecule has 26 heavy (non-hydrogen) atoms. The SMILES string of the molecule is COc1cc(CNC(=O)NCC(c2ccco2)N2CCCCC2)ccn1.